The summed E-state index contributed by atoms with van der Waals surface area (Å²) in [5.74, 6) is 1.21. The van der Waals surface area contributed by atoms with Gasteiger partial charge in [0, 0.05) is 10.7 Å². The predicted molar refractivity (Wildman–Crippen MR) is 92.5 cm³/mol. The average molecular weight is 337 g/mol. The first-order chi connectivity index (χ1) is 8.67. The molecule has 0 N–H and O–H groups in total. The summed E-state index contributed by atoms with van der Waals surface area (Å²) in [6.45, 7) is 9.09. The molecule has 1 saturated heterocycles. The monoisotopic (exact) mass is 336 g/mol. The van der Waals surface area contributed by atoms with Crippen molar-refractivity contribution in [1.29, 1.82) is 0 Å². The van der Waals surface area contributed by atoms with Crippen molar-refractivity contribution in [3.63, 3.8) is 0 Å². The largest absolute Gasteiger partial charge is 0.136 e. The second-order valence-corrected chi connectivity index (χ2v) is 10.9. The van der Waals surface area contributed by atoms with Gasteiger partial charge in [-0.05, 0) is 24.5 Å². The van der Waals surface area contributed by atoms with Gasteiger partial charge in [0.1, 0.15) is 4.84 Å². The summed E-state index contributed by atoms with van der Waals surface area (Å²) in [6.07, 6.45) is 10.3. The Morgan fingerprint density at radius 1 is 1.16 bits per heavy atom. The zero-order chi connectivity index (χ0) is 14.3. The molecule has 0 radical (unpaired) electrons. The maximum Gasteiger partial charge on any atom is 0.120 e. The lowest BCUT2D eigenvalue weighted by Gasteiger charge is -2.44. The van der Waals surface area contributed by atoms with Crippen LogP contribution >= 0.6 is 46.7 Å². The smallest absolute Gasteiger partial charge is 0.120 e. The van der Waals surface area contributed by atoms with Gasteiger partial charge in [0.2, 0.25) is 0 Å². The van der Waals surface area contributed by atoms with Crippen LogP contribution in [0.2, 0.25) is 0 Å². The molecule has 1 aliphatic carbocycles. The molecule has 0 aromatic rings. The molecule has 4 heteroatoms. The third kappa shape index (κ3) is 3.51. The molecule has 1 aliphatic heterocycles. The predicted octanol–water partition coefficient (Wildman–Crippen LogP) is 5.90. The van der Waals surface area contributed by atoms with E-state index in [1.54, 1.807) is 0 Å². The molecule has 0 nitrogen and oxygen atoms in total. The minimum atomic E-state index is -0.394. The van der Waals surface area contributed by atoms with Crippen LogP contribution in [0.5, 0.6) is 0 Å². The van der Waals surface area contributed by atoms with E-state index in [1.807, 2.05) is 11.8 Å². The van der Waals surface area contributed by atoms with Gasteiger partial charge in [-0.3, -0.25) is 0 Å². The standard InChI is InChI=1S/C15H22Cl2S2/c1-13(2,3)11-5-10-18-15(19-11)8-6-14(4,7-9-15)12(16)17/h6-9,11-12H,5,10H2,1-4H3. The number of hydrogen-bond donors (Lipinski definition) is 0. The Balaban J connectivity index is 2.17. The van der Waals surface area contributed by atoms with Gasteiger partial charge in [-0.2, -0.15) is 0 Å². The summed E-state index contributed by atoms with van der Waals surface area (Å²) < 4.78 is 0.0817. The zero-order valence-corrected chi connectivity index (χ0v) is 15.1. The lowest BCUT2D eigenvalue weighted by molar-refractivity contribution is 0.387. The molecule has 2 rings (SSSR count). The molecule has 19 heavy (non-hydrogen) atoms. The number of allylic oxidation sites excluding steroid dienone is 2. The Labute approximate surface area is 135 Å². The molecule has 108 valence electrons. The second kappa shape index (κ2) is 5.51. The van der Waals surface area contributed by atoms with E-state index in [9.17, 15) is 0 Å². The lowest BCUT2D eigenvalue weighted by atomic mass is 9.88. The number of halogens is 2. The van der Waals surface area contributed by atoms with E-state index < -0.39 is 4.84 Å². The molecule has 1 atom stereocenters. The molecule has 1 unspecified atom stereocenters. The number of thioether (sulfide) groups is 2. The first kappa shape index (κ1) is 16.1. The maximum atomic E-state index is 6.08. The Kier molecular flexibility index (Phi) is 4.68. The number of alkyl halides is 2. The molecule has 1 spiro atoms. The van der Waals surface area contributed by atoms with Crippen LogP contribution in [0.3, 0.4) is 0 Å². The summed E-state index contributed by atoms with van der Waals surface area (Å²) in [5.41, 5.74) is 0.118. The molecule has 0 saturated carbocycles. The summed E-state index contributed by atoms with van der Waals surface area (Å²) in [6, 6.07) is 0. The van der Waals surface area contributed by atoms with E-state index in [-0.39, 0.29) is 9.49 Å². The van der Waals surface area contributed by atoms with Crippen LogP contribution in [0.15, 0.2) is 24.3 Å². The first-order valence-corrected chi connectivity index (χ1v) is 9.41. The Bertz CT molecular complexity index is 379. The fourth-order valence-electron chi connectivity index (χ4n) is 2.27. The van der Waals surface area contributed by atoms with Gasteiger partial charge in [0.05, 0.1) is 4.08 Å². The Morgan fingerprint density at radius 2 is 1.74 bits per heavy atom. The van der Waals surface area contributed by atoms with E-state index in [0.29, 0.717) is 10.7 Å². The average Bonchev–Trinajstić information content (AvgIpc) is 2.33. The van der Waals surface area contributed by atoms with Crippen LogP contribution < -0.4 is 0 Å². The van der Waals surface area contributed by atoms with Gasteiger partial charge < -0.3 is 0 Å². The maximum absolute atomic E-state index is 6.08. The van der Waals surface area contributed by atoms with Gasteiger partial charge in [0.15, 0.2) is 0 Å². The van der Waals surface area contributed by atoms with Gasteiger partial charge in [-0.1, -0.05) is 45.1 Å². The minimum absolute atomic E-state index is 0.0817. The molecular formula is C15H22Cl2S2. The Hall–Kier alpha value is 0.760. The molecule has 0 aromatic carbocycles. The third-order valence-corrected chi connectivity index (χ3v) is 8.43. The summed E-state index contributed by atoms with van der Waals surface area (Å²) in [7, 11) is 0. The topological polar surface area (TPSA) is 0 Å². The fraction of sp³-hybridized carbons (Fsp3) is 0.733. The van der Waals surface area contributed by atoms with E-state index >= 15 is 0 Å². The normalized spacial score (nSPS) is 39.2. The van der Waals surface area contributed by atoms with Gasteiger partial charge in [-0.15, -0.1) is 46.7 Å². The highest BCUT2D eigenvalue weighted by atomic mass is 35.5. The van der Waals surface area contributed by atoms with Crippen molar-refractivity contribution in [3.8, 4) is 0 Å². The SMILES string of the molecule is CC(C)(C)C1CCSC2(C=CC(C)(C(Cl)Cl)C=C2)S1. The van der Waals surface area contributed by atoms with Crippen LogP contribution in [0, 0.1) is 10.8 Å². The van der Waals surface area contributed by atoms with Crippen LogP contribution in [0.1, 0.15) is 34.1 Å². The summed E-state index contributed by atoms with van der Waals surface area (Å²) in [5, 5.41) is 0.690. The van der Waals surface area contributed by atoms with Crippen molar-refractivity contribution in [1.82, 2.24) is 0 Å². The summed E-state index contributed by atoms with van der Waals surface area (Å²) >= 11 is 16.3. The van der Waals surface area contributed by atoms with Crippen LogP contribution in [0.4, 0.5) is 0 Å². The minimum Gasteiger partial charge on any atom is -0.136 e. The van der Waals surface area contributed by atoms with Crippen LogP contribution in [-0.2, 0) is 0 Å². The third-order valence-electron chi connectivity index (χ3n) is 3.82. The van der Waals surface area contributed by atoms with Crippen LogP contribution in [-0.4, -0.2) is 19.9 Å². The van der Waals surface area contributed by atoms with Crippen molar-refractivity contribution in [2.24, 2.45) is 10.8 Å². The molecular weight excluding hydrogens is 315 g/mol. The van der Waals surface area contributed by atoms with Gasteiger partial charge in [-0.25, -0.2) is 0 Å². The van der Waals surface area contributed by atoms with Crippen molar-refractivity contribution in [2.75, 3.05) is 5.75 Å². The van der Waals surface area contributed by atoms with E-state index in [4.69, 9.17) is 23.2 Å². The highest BCUT2D eigenvalue weighted by Crippen LogP contribution is 2.55. The number of rotatable bonds is 1. The lowest BCUT2D eigenvalue weighted by Crippen LogP contribution is -2.36. The Morgan fingerprint density at radius 3 is 2.21 bits per heavy atom. The molecule has 0 aromatic heterocycles. The van der Waals surface area contributed by atoms with Gasteiger partial charge >= 0.3 is 0 Å². The second-order valence-electron chi connectivity index (χ2n) is 6.66. The van der Waals surface area contributed by atoms with Crippen molar-refractivity contribution in [2.45, 2.75) is 48.3 Å². The molecule has 1 fully saturated rings. The van der Waals surface area contributed by atoms with E-state index in [2.05, 4.69) is 63.8 Å². The van der Waals surface area contributed by atoms with Crippen molar-refractivity contribution in [3.05, 3.63) is 24.3 Å². The first-order valence-electron chi connectivity index (χ1n) is 6.68. The van der Waals surface area contributed by atoms with Crippen molar-refractivity contribution >= 4 is 46.7 Å². The number of hydrogen-bond acceptors (Lipinski definition) is 2. The van der Waals surface area contributed by atoms with Crippen LogP contribution in [0.25, 0.3) is 0 Å². The van der Waals surface area contributed by atoms with Crippen molar-refractivity contribution < 1.29 is 0 Å². The highest BCUT2D eigenvalue weighted by Gasteiger charge is 2.41. The van der Waals surface area contributed by atoms with E-state index in [1.165, 1.54) is 12.2 Å². The quantitative estimate of drug-likeness (QED) is 0.431. The highest BCUT2D eigenvalue weighted by molar-refractivity contribution is 8.19. The zero-order valence-electron chi connectivity index (χ0n) is 12.0. The summed E-state index contributed by atoms with van der Waals surface area (Å²) in [4.78, 5) is -0.394. The van der Waals surface area contributed by atoms with E-state index in [0.717, 1.165) is 0 Å². The molecule has 0 bridgehead atoms. The molecule has 1 heterocycles. The molecule has 2 aliphatic rings. The molecule has 0 amide bonds. The fourth-order valence-corrected chi connectivity index (χ4v) is 5.91. The van der Waals surface area contributed by atoms with Gasteiger partial charge in [0.25, 0.3) is 0 Å².